The van der Waals surface area contributed by atoms with Crippen molar-refractivity contribution in [3.63, 3.8) is 0 Å². The number of anilines is 1. The van der Waals surface area contributed by atoms with Crippen LogP contribution in [0.15, 0.2) is 24.4 Å². The minimum atomic E-state index is -0.420. The van der Waals surface area contributed by atoms with E-state index >= 15 is 0 Å². The molecule has 0 aliphatic heterocycles. The van der Waals surface area contributed by atoms with E-state index in [0.29, 0.717) is 34.8 Å². The normalized spacial score (nSPS) is 11.3. The van der Waals surface area contributed by atoms with E-state index in [1.165, 1.54) is 6.20 Å². The third-order valence-electron chi connectivity index (χ3n) is 3.47. The van der Waals surface area contributed by atoms with E-state index in [2.05, 4.69) is 29.1 Å². The first-order valence-corrected chi connectivity index (χ1v) is 8.00. The Labute approximate surface area is 145 Å². The van der Waals surface area contributed by atoms with Gasteiger partial charge < -0.3 is 15.0 Å². The van der Waals surface area contributed by atoms with Crippen LogP contribution in [-0.4, -0.2) is 29.1 Å². The van der Waals surface area contributed by atoms with Gasteiger partial charge in [-0.25, -0.2) is 9.78 Å². The fourth-order valence-electron chi connectivity index (χ4n) is 2.05. The van der Waals surface area contributed by atoms with Crippen LogP contribution in [0, 0.1) is 0 Å². The van der Waals surface area contributed by atoms with Gasteiger partial charge in [0.2, 0.25) is 5.95 Å². The number of benzene rings is 1. The number of ether oxygens (including phenoxy) is 1. The Balaban J connectivity index is 2.04. The molecule has 1 aromatic carbocycles. The monoisotopic (exact) mass is 355 g/mol. The molecule has 0 saturated heterocycles. The lowest BCUT2D eigenvalue weighted by Gasteiger charge is -2.26. The van der Waals surface area contributed by atoms with Crippen molar-refractivity contribution in [1.29, 1.82) is 0 Å². The van der Waals surface area contributed by atoms with E-state index in [-0.39, 0.29) is 5.41 Å². The molecule has 0 radical (unpaired) electrons. The van der Waals surface area contributed by atoms with Gasteiger partial charge in [0.15, 0.2) is 0 Å². The first kappa shape index (κ1) is 17.6. The quantitative estimate of drug-likeness (QED) is 0.758. The van der Waals surface area contributed by atoms with Crippen molar-refractivity contribution < 1.29 is 9.53 Å². The van der Waals surface area contributed by atoms with E-state index in [0.717, 1.165) is 5.56 Å². The van der Waals surface area contributed by atoms with Crippen molar-refractivity contribution in [1.82, 2.24) is 9.97 Å². The summed E-state index contributed by atoms with van der Waals surface area (Å²) in [6, 6.07) is 5.59. The molecule has 1 heterocycles. The number of imidazole rings is 1. The zero-order valence-electron chi connectivity index (χ0n) is 13.2. The lowest BCUT2D eigenvalue weighted by atomic mass is 9.84. The maximum absolute atomic E-state index is 11.6. The SMILES string of the molecule is CCOC(=O)c1cnc(NCC(C)(C)c2ccc(Cl)c(Cl)c2)[nH]1. The number of H-pyrrole nitrogens is 1. The zero-order chi connectivity index (χ0) is 17.0. The first-order valence-electron chi connectivity index (χ1n) is 7.25. The number of nitrogens with one attached hydrogen (secondary N) is 2. The van der Waals surface area contributed by atoms with Crippen LogP contribution in [-0.2, 0) is 10.2 Å². The number of rotatable bonds is 6. The summed E-state index contributed by atoms with van der Waals surface area (Å²) in [5.41, 5.74) is 1.17. The standard InChI is InChI=1S/C16H19Cl2N3O2/c1-4-23-14(22)13-8-19-15(21-13)20-9-16(2,3)10-5-6-11(17)12(18)7-10/h5-8H,4,9H2,1-3H3,(H2,19,20,21). The van der Waals surface area contributed by atoms with Gasteiger partial charge in [0.25, 0.3) is 0 Å². The van der Waals surface area contributed by atoms with Gasteiger partial charge >= 0.3 is 5.97 Å². The first-order chi connectivity index (χ1) is 10.8. The summed E-state index contributed by atoms with van der Waals surface area (Å²) >= 11 is 12.0. The van der Waals surface area contributed by atoms with E-state index in [1.54, 1.807) is 13.0 Å². The third-order valence-corrected chi connectivity index (χ3v) is 4.21. The molecule has 1 aromatic heterocycles. The fourth-order valence-corrected chi connectivity index (χ4v) is 2.35. The van der Waals surface area contributed by atoms with Crippen LogP contribution in [0.5, 0.6) is 0 Å². The number of nitrogens with zero attached hydrogens (tertiary/aromatic N) is 1. The van der Waals surface area contributed by atoms with E-state index < -0.39 is 5.97 Å². The maximum atomic E-state index is 11.6. The molecule has 0 bridgehead atoms. The summed E-state index contributed by atoms with van der Waals surface area (Å²) in [5.74, 6) is 0.0954. The number of hydrogen-bond donors (Lipinski definition) is 2. The maximum Gasteiger partial charge on any atom is 0.356 e. The second-order valence-electron chi connectivity index (χ2n) is 5.73. The topological polar surface area (TPSA) is 67.0 Å². The molecule has 0 fully saturated rings. The van der Waals surface area contributed by atoms with Crippen LogP contribution in [0.4, 0.5) is 5.95 Å². The molecule has 124 valence electrons. The molecule has 2 rings (SSSR count). The molecule has 0 aliphatic carbocycles. The van der Waals surface area contributed by atoms with Gasteiger partial charge in [-0.15, -0.1) is 0 Å². The summed E-state index contributed by atoms with van der Waals surface area (Å²) in [6.45, 7) is 6.84. The van der Waals surface area contributed by atoms with Crippen LogP contribution in [0.1, 0.15) is 36.8 Å². The van der Waals surface area contributed by atoms with Crippen molar-refractivity contribution >= 4 is 35.1 Å². The van der Waals surface area contributed by atoms with Gasteiger partial charge in [0.1, 0.15) is 5.69 Å². The number of esters is 1. The van der Waals surface area contributed by atoms with Crippen molar-refractivity contribution in [2.45, 2.75) is 26.2 Å². The number of carbonyl (C=O) groups is 1. The number of hydrogen-bond acceptors (Lipinski definition) is 4. The molecule has 7 heteroatoms. The average molecular weight is 356 g/mol. The highest BCUT2D eigenvalue weighted by atomic mass is 35.5. The van der Waals surface area contributed by atoms with Gasteiger partial charge in [0.05, 0.1) is 22.8 Å². The zero-order valence-corrected chi connectivity index (χ0v) is 14.8. The van der Waals surface area contributed by atoms with Crippen LogP contribution in [0.25, 0.3) is 0 Å². The lowest BCUT2D eigenvalue weighted by Crippen LogP contribution is -2.28. The van der Waals surface area contributed by atoms with Crippen molar-refractivity contribution in [2.24, 2.45) is 0 Å². The highest BCUT2D eigenvalue weighted by molar-refractivity contribution is 6.42. The number of aromatic nitrogens is 2. The molecule has 0 spiro atoms. The Morgan fingerprint density at radius 1 is 1.35 bits per heavy atom. The molecule has 2 aromatic rings. The minimum absolute atomic E-state index is 0.203. The average Bonchev–Trinajstić information content (AvgIpc) is 2.97. The largest absolute Gasteiger partial charge is 0.461 e. The Bertz CT molecular complexity index is 698. The van der Waals surface area contributed by atoms with Crippen molar-refractivity contribution in [2.75, 3.05) is 18.5 Å². The second-order valence-corrected chi connectivity index (χ2v) is 6.55. The summed E-state index contributed by atoms with van der Waals surface area (Å²) in [7, 11) is 0. The summed E-state index contributed by atoms with van der Waals surface area (Å²) in [5, 5.41) is 4.24. The van der Waals surface area contributed by atoms with Gasteiger partial charge in [-0.05, 0) is 24.6 Å². The third kappa shape index (κ3) is 4.39. The highest BCUT2D eigenvalue weighted by Crippen LogP contribution is 2.30. The smallest absolute Gasteiger partial charge is 0.356 e. The van der Waals surface area contributed by atoms with Crippen LogP contribution >= 0.6 is 23.2 Å². The molecule has 0 aliphatic rings. The van der Waals surface area contributed by atoms with E-state index in [9.17, 15) is 4.79 Å². The van der Waals surface area contributed by atoms with E-state index in [4.69, 9.17) is 27.9 Å². The Morgan fingerprint density at radius 3 is 2.74 bits per heavy atom. The van der Waals surface area contributed by atoms with Gasteiger partial charge in [-0.1, -0.05) is 43.1 Å². The highest BCUT2D eigenvalue weighted by Gasteiger charge is 2.22. The van der Waals surface area contributed by atoms with Crippen molar-refractivity contribution in [3.05, 3.63) is 45.7 Å². The summed E-state index contributed by atoms with van der Waals surface area (Å²) in [6.07, 6.45) is 1.45. The molecule has 23 heavy (non-hydrogen) atoms. The molecule has 0 saturated carbocycles. The summed E-state index contributed by atoms with van der Waals surface area (Å²) in [4.78, 5) is 18.6. The van der Waals surface area contributed by atoms with Crippen molar-refractivity contribution in [3.8, 4) is 0 Å². The predicted molar refractivity (Wildman–Crippen MR) is 92.5 cm³/mol. The number of halogens is 2. The molecular formula is C16H19Cl2N3O2. The molecule has 0 unspecified atom stereocenters. The molecule has 2 N–H and O–H groups in total. The molecular weight excluding hydrogens is 337 g/mol. The molecule has 0 atom stereocenters. The number of aromatic amines is 1. The summed E-state index contributed by atoms with van der Waals surface area (Å²) < 4.78 is 4.92. The second kappa shape index (κ2) is 7.23. The Hall–Kier alpha value is -1.72. The van der Waals surface area contributed by atoms with Crippen LogP contribution in [0.2, 0.25) is 10.0 Å². The van der Waals surface area contributed by atoms with Gasteiger partial charge in [-0.2, -0.15) is 0 Å². The molecule has 5 nitrogen and oxygen atoms in total. The van der Waals surface area contributed by atoms with E-state index in [1.807, 2.05) is 12.1 Å². The number of carbonyl (C=O) groups excluding carboxylic acids is 1. The van der Waals surface area contributed by atoms with Crippen LogP contribution in [0.3, 0.4) is 0 Å². The molecule has 0 amide bonds. The lowest BCUT2D eigenvalue weighted by molar-refractivity contribution is 0.0520. The van der Waals surface area contributed by atoms with Gasteiger partial charge in [0, 0.05) is 12.0 Å². The Morgan fingerprint density at radius 2 is 2.09 bits per heavy atom. The Kier molecular flexibility index (Phi) is 5.55. The predicted octanol–water partition coefficient (Wildman–Crippen LogP) is 4.28. The minimum Gasteiger partial charge on any atom is -0.461 e. The van der Waals surface area contributed by atoms with Crippen LogP contribution < -0.4 is 5.32 Å². The van der Waals surface area contributed by atoms with Gasteiger partial charge in [-0.3, -0.25) is 0 Å². The fraction of sp³-hybridized carbons (Fsp3) is 0.375.